The molecular formula is C39H39ClN6O5. The van der Waals surface area contributed by atoms with Gasteiger partial charge >= 0.3 is 5.97 Å². The van der Waals surface area contributed by atoms with Crippen molar-refractivity contribution < 1.29 is 24.2 Å². The number of aliphatic carboxylic acids is 1. The van der Waals surface area contributed by atoms with Crippen molar-refractivity contribution in [1.29, 1.82) is 0 Å². The number of anilines is 3. The van der Waals surface area contributed by atoms with Gasteiger partial charge in [-0.3, -0.25) is 4.79 Å². The molecule has 0 saturated carbocycles. The number of Topliss-reactive ketones (excluding diaryl/α,β-unsaturated/α-hetero) is 1. The van der Waals surface area contributed by atoms with Crippen LogP contribution >= 0.6 is 12.4 Å². The normalized spacial score (nSPS) is 18.2. The third-order valence-corrected chi connectivity index (χ3v) is 9.25. The van der Waals surface area contributed by atoms with Crippen LogP contribution in [-0.4, -0.2) is 66.7 Å². The zero-order chi connectivity index (χ0) is 35.3. The van der Waals surface area contributed by atoms with Crippen LogP contribution in [0.5, 0.6) is 11.5 Å². The lowest BCUT2D eigenvalue weighted by molar-refractivity contribution is -0.143. The molecule has 6 N–H and O–H groups in total. The predicted molar refractivity (Wildman–Crippen MR) is 198 cm³/mol. The van der Waals surface area contributed by atoms with E-state index in [2.05, 4.69) is 39.0 Å². The third kappa shape index (κ3) is 7.27. The number of para-hydroxylation sites is 2. The zero-order valence-electron chi connectivity index (χ0n) is 28.3. The average molecular weight is 707 g/mol. The van der Waals surface area contributed by atoms with Gasteiger partial charge in [0.05, 0.1) is 25.3 Å². The summed E-state index contributed by atoms with van der Waals surface area (Å²) in [7, 11) is 3.06. The number of rotatable bonds is 7. The maximum absolute atomic E-state index is 15.2. The lowest BCUT2D eigenvalue weighted by atomic mass is 9.69. The zero-order valence-corrected chi connectivity index (χ0v) is 29.1. The van der Waals surface area contributed by atoms with Gasteiger partial charge in [0.15, 0.2) is 5.78 Å². The molecule has 3 heterocycles. The standard InChI is InChI=1S/C39H38N6O5.ClH/c1-49-31-12-5-3-8-26(31)14-15-33-39(37(47)48,19-16-27-9-4-6-13-32(27)50-2)35(46)34-28(22-29-23-43-38(41)44-36(29)40)10-7-11-30(34)45(33)24-25-17-20-42-21-18-25;/h3-13,23,25,33,42H,17-18,20-22,24H2,1-2H3,(H,47,48)(H4,40,41,43,44);1H. The van der Waals surface area contributed by atoms with Gasteiger partial charge in [0.1, 0.15) is 23.4 Å². The Kier molecular flexibility index (Phi) is 11.4. The van der Waals surface area contributed by atoms with Crippen molar-refractivity contribution in [3.63, 3.8) is 0 Å². The topological polar surface area (TPSA) is 166 Å². The maximum atomic E-state index is 15.2. The molecule has 0 spiro atoms. The second-order valence-electron chi connectivity index (χ2n) is 12.2. The van der Waals surface area contributed by atoms with Gasteiger partial charge in [0.25, 0.3) is 0 Å². The number of carbonyl (C=O) groups excluding carboxylic acids is 1. The number of benzene rings is 3. The highest BCUT2D eigenvalue weighted by atomic mass is 35.5. The van der Waals surface area contributed by atoms with Crippen LogP contribution < -0.4 is 31.2 Å². The fraction of sp³-hybridized carbons (Fsp3) is 0.282. The van der Waals surface area contributed by atoms with Crippen LogP contribution in [0.15, 0.2) is 72.9 Å². The number of carbonyl (C=O) groups is 2. The van der Waals surface area contributed by atoms with Crippen LogP contribution in [-0.2, 0) is 11.2 Å². The van der Waals surface area contributed by atoms with Crippen LogP contribution in [0.4, 0.5) is 17.5 Å². The Morgan fingerprint density at radius 1 is 0.961 bits per heavy atom. The lowest BCUT2D eigenvalue weighted by Gasteiger charge is -2.45. The first-order valence-corrected chi connectivity index (χ1v) is 16.3. The van der Waals surface area contributed by atoms with E-state index in [1.54, 1.807) is 49.6 Å². The van der Waals surface area contributed by atoms with E-state index in [0.717, 1.165) is 25.9 Å². The number of ketones is 1. The Morgan fingerprint density at radius 2 is 1.61 bits per heavy atom. The molecule has 12 heteroatoms. The summed E-state index contributed by atoms with van der Waals surface area (Å²) in [5.74, 6) is 11.7. The van der Waals surface area contributed by atoms with Crippen molar-refractivity contribution in [2.75, 3.05) is 50.2 Å². The summed E-state index contributed by atoms with van der Waals surface area (Å²) >= 11 is 0. The highest BCUT2D eigenvalue weighted by molar-refractivity contribution is 6.21. The molecule has 0 amide bonds. The van der Waals surface area contributed by atoms with E-state index in [-0.39, 0.29) is 42.1 Å². The smallest absolute Gasteiger partial charge is 0.333 e. The molecule has 2 unspecified atom stereocenters. The summed E-state index contributed by atoms with van der Waals surface area (Å²) in [5.41, 5.74) is 12.6. The van der Waals surface area contributed by atoms with Gasteiger partial charge < -0.3 is 36.3 Å². The summed E-state index contributed by atoms with van der Waals surface area (Å²) in [5, 5.41) is 14.7. The fourth-order valence-corrected chi connectivity index (χ4v) is 6.64. The van der Waals surface area contributed by atoms with Gasteiger partial charge in [-0.2, -0.15) is 4.98 Å². The quantitative estimate of drug-likeness (QED) is 0.161. The van der Waals surface area contributed by atoms with Crippen LogP contribution in [0.25, 0.3) is 0 Å². The van der Waals surface area contributed by atoms with E-state index in [1.165, 1.54) is 13.3 Å². The molecule has 262 valence electrons. The number of hydrogen-bond donors (Lipinski definition) is 4. The number of nitrogens with two attached hydrogens (primary N) is 2. The number of nitrogens with one attached hydrogen (secondary N) is 1. The van der Waals surface area contributed by atoms with E-state index in [9.17, 15) is 9.90 Å². The number of carboxylic acids is 1. The first-order chi connectivity index (χ1) is 24.3. The van der Waals surface area contributed by atoms with Gasteiger partial charge in [-0.1, -0.05) is 60.1 Å². The van der Waals surface area contributed by atoms with Gasteiger partial charge in [-0.05, 0) is 67.7 Å². The number of ether oxygens (including phenoxy) is 2. The molecule has 6 rings (SSSR count). The van der Waals surface area contributed by atoms with Crippen molar-refractivity contribution in [3.8, 4) is 35.2 Å². The number of methoxy groups -OCH3 is 2. The van der Waals surface area contributed by atoms with Crippen LogP contribution in [0.3, 0.4) is 0 Å². The maximum Gasteiger partial charge on any atom is 0.333 e. The number of carboxylic acid groups (broad SMARTS) is 1. The molecule has 1 aromatic heterocycles. The van der Waals surface area contributed by atoms with E-state index >= 15 is 4.79 Å². The van der Waals surface area contributed by atoms with Gasteiger partial charge in [-0.25, -0.2) is 9.78 Å². The number of nitrogen functional groups attached to an aromatic ring is 2. The Bertz CT molecular complexity index is 2060. The van der Waals surface area contributed by atoms with Gasteiger partial charge in [0, 0.05) is 36.0 Å². The highest BCUT2D eigenvalue weighted by Crippen LogP contribution is 2.44. The summed E-state index contributed by atoms with van der Waals surface area (Å²) in [6, 6.07) is 18.6. The minimum Gasteiger partial charge on any atom is -0.495 e. The molecule has 4 aromatic rings. The second kappa shape index (κ2) is 15.9. The molecule has 2 aliphatic heterocycles. The molecule has 0 bridgehead atoms. The van der Waals surface area contributed by atoms with E-state index in [1.807, 2.05) is 29.2 Å². The van der Waals surface area contributed by atoms with Crippen molar-refractivity contribution >= 4 is 41.6 Å². The second-order valence-corrected chi connectivity index (χ2v) is 12.2. The summed E-state index contributed by atoms with van der Waals surface area (Å²) in [6.07, 6.45) is 3.43. The number of piperidine rings is 1. The predicted octanol–water partition coefficient (Wildman–Crippen LogP) is 4.22. The summed E-state index contributed by atoms with van der Waals surface area (Å²) in [6.45, 7) is 2.11. The molecular weight excluding hydrogens is 668 g/mol. The summed E-state index contributed by atoms with van der Waals surface area (Å²) < 4.78 is 11.1. The molecule has 51 heavy (non-hydrogen) atoms. The largest absolute Gasteiger partial charge is 0.495 e. The molecule has 2 atom stereocenters. The fourth-order valence-electron chi connectivity index (χ4n) is 6.64. The van der Waals surface area contributed by atoms with Gasteiger partial charge in [0.2, 0.25) is 11.4 Å². The Labute approximate surface area is 303 Å². The molecule has 3 aromatic carbocycles. The van der Waals surface area contributed by atoms with Crippen molar-refractivity contribution in [2.24, 2.45) is 11.3 Å². The van der Waals surface area contributed by atoms with Crippen molar-refractivity contribution in [2.45, 2.75) is 25.3 Å². The van der Waals surface area contributed by atoms with E-state index in [4.69, 9.17) is 20.9 Å². The monoisotopic (exact) mass is 706 g/mol. The molecule has 0 radical (unpaired) electrons. The van der Waals surface area contributed by atoms with Crippen LogP contribution in [0, 0.1) is 35.0 Å². The van der Waals surface area contributed by atoms with Crippen LogP contribution in [0.2, 0.25) is 0 Å². The number of aromatic nitrogens is 2. The molecule has 1 saturated heterocycles. The number of hydrogen-bond acceptors (Lipinski definition) is 10. The highest BCUT2D eigenvalue weighted by Gasteiger charge is 2.58. The minimum absolute atomic E-state index is 0. The first-order valence-electron chi connectivity index (χ1n) is 16.3. The number of fused-ring (bicyclic) bond motifs is 1. The van der Waals surface area contributed by atoms with Crippen molar-refractivity contribution in [1.82, 2.24) is 15.3 Å². The number of halogens is 1. The summed E-state index contributed by atoms with van der Waals surface area (Å²) in [4.78, 5) is 39.2. The SMILES string of the molecule is COc1ccccc1C#CC1N(CC2CCNCC2)c2cccc(Cc3cnc(N)nc3N)c2C(=O)C1(C#Cc1ccccc1OC)C(=O)O.Cl. The number of nitrogens with zero attached hydrogens (tertiary/aromatic N) is 3. The van der Waals surface area contributed by atoms with Gasteiger partial charge in [-0.15, -0.1) is 12.4 Å². The molecule has 11 nitrogen and oxygen atoms in total. The van der Waals surface area contributed by atoms with Crippen LogP contribution in [0.1, 0.15) is 45.5 Å². The minimum atomic E-state index is -2.31. The Hall–Kier alpha value is -5.75. The first kappa shape index (κ1) is 36.5. The Balaban J connectivity index is 0.00000504. The molecule has 1 fully saturated rings. The van der Waals surface area contributed by atoms with E-state index in [0.29, 0.717) is 46.0 Å². The lowest BCUT2D eigenvalue weighted by Crippen LogP contribution is -2.60. The third-order valence-electron chi connectivity index (χ3n) is 9.25. The Morgan fingerprint density at radius 3 is 2.24 bits per heavy atom. The van der Waals surface area contributed by atoms with Crippen molar-refractivity contribution in [3.05, 3.63) is 101 Å². The molecule has 0 aliphatic carbocycles. The molecule has 2 aliphatic rings. The average Bonchev–Trinajstić information content (AvgIpc) is 3.13. The van der Waals surface area contributed by atoms with E-state index < -0.39 is 23.2 Å².